The molecule has 29 heavy (non-hydrogen) atoms. The number of benzene rings is 2. The van der Waals surface area contributed by atoms with Crippen molar-refractivity contribution in [1.82, 2.24) is 5.32 Å². The zero-order chi connectivity index (χ0) is 21.2. The summed E-state index contributed by atoms with van der Waals surface area (Å²) in [7, 11) is 0. The van der Waals surface area contributed by atoms with Crippen LogP contribution in [0, 0.1) is 3.57 Å². The molecule has 0 bridgehead atoms. The Bertz CT molecular complexity index is 902. The molecule has 0 amide bonds. The first-order valence-electron chi connectivity index (χ1n) is 8.86. The highest BCUT2D eigenvalue weighted by Gasteiger charge is 2.57. The SMILES string of the molecule is CC(Cc1ccc2c(c1)OC(C(=O)O)(C(=O)O)O2)NCC(O)c1ccc(I)cc1. The Labute approximate surface area is 180 Å². The van der Waals surface area contributed by atoms with Crippen molar-refractivity contribution in [2.45, 2.75) is 31.3 Å². The Morgan fingerprint density at radius 3 is 2.31 bits per heavy atom. The molecule has 2 atom stereocenters. The number of hydrogen-bond acceptors (Lipinski definition) is 6. The van der Waals surface area contributed by atoms with Crippen LogP contribution in [0.15, 0.2) is 42.5 Å². The second-order valence-electron chi connectivity index (χ2n) is 6.79. The van der Waals surface area contributed by atoms with Gasteiger partial charge in [-0.05, 0) is 71.3 Å². The molecule has 2 aromatic rings. The van der Waals surface area contributed by atoms with Gasteiger partial charge in [-0.3, -0.25) is 0 Å². The van der Waals surface area contributed by atoms with E-state index in [9.17, 15) is 24.9 Å². The lowest BCUT2D eigenvalue weighted by molar-refractivity contribution is -0.194. The first-order chi connectivity index (χ1) is 13.7. The first kappa shape index (κ1) is 21.3. The molecule has 8 nitrogen and oxygen atoms in total. The van der Waals surface area contributed by atoms with Gasteiger partial charge in [-0.2, -0.15) is 0 Å². The van der Waals surface area contributed by atoms with Gasteiger partial charge in [0, 0.05) is 16.2 Å². The Morgan fingerprint density at radius 1 is 1.07 bits per heavy atom. The van der Waals surface area contributed by atoms with E-state index >= 15 is 0 Å². The van der Waals surface area contributed by atoms with E-state index in [4.69, 9.17) is 9.47 Å². The van der Waals surface area contributed by atoms with Gasteiger partial charge < -0.3 is 30.1 Å². The number of nitrogens with one attached hydrogen (secondary N) is 1. The van der Waals surface area contributed by atoms with Gasteiger partial charge in [0.15, 0.2) is 11.5 Å². The molecule has 0 aromatic heterocycles. The summed E-state index contributed by atoms with van der Waals surface area (Å²) in [6.07, 6.45) is -0.0821. The maximum Gasteiger partial charge on any atom is 0.453 e. The summed E-state index contributed by atoms with van der Waals surface area (Å²) >= 11 is 2.20. The smallest absolute Gasteiger partial charge is 0.453 e. The molecule has 0 saturated carbocycles. The molecular weight excluding hydrogens is 493 g/mol. The average molecular weight is 513 g/mol. The van der Waals surface area contributed by atoms with E-state index in [0.29, 0.717) is 13.0 Å². The van der Waals surface area contributed by atoms with Crippen molar-refractivity contribution in [2.75, 3.05) is 6.54 Å². The lowest BCUT2D eigenvalue weighted by Crippen LogP contribution is -2.54. The van der Waals surface area contributed by atoms with Gasteiger partial charge in [-0.15, -0.1) is 0 Å². The Hall–Kier alpha value is -2.37. The molecular formula is C20H20INO7. The van der Waals surface area contributed by atoms with Crippen LogP contribution in [0.2, 0.25) is 0 Å². The average Bonchev–Trinajstić information content (AvgIpc) is 3.07. The summed E-state index contributed by atoms with van der Waals surface area (Å²) in [5.41, 5.74) is 1.63. The number of aliphatic hydroxyl groups excluding tert-OH is 1. The Balaban J connectivity index is 1.60. The van der Waals surface area contributed by atoms with Gasteiger partial charge in [0.1, 0.15) is 0 Å². The number of aliphatic carboxylic acids is 2. The topological polar surface area (TPSA) is 125 Å². The maximum atomic E-state index is 11.3. The molecule has 4 N–H and O–H groups in total. The number of carbonyl (C=O) groups is 2. The highest BCUT2D eigenvalue weighted by molar-refractivity contribution is 14.1. The third kappa shape index (κ3) is 4.62. The van der Waals surface area contributed by atoms with Crippen LogP contribution in [-0.4, -0.2) is 45.6 Å². The largest absolute Gasteiger partial charge is 0.475 e. The van der Waals surface area contributed by atoms with Gasteiger partial charge >= 0.3 is 17.7 Å². The highest BCUT2D eigenvalue weighted by Crippen LogP contribution is 2.40. The standard InChI is InChI=1S/C20H20INO7/c1-11(22-10-15(23)13-3-5-14(21)6-4-13)8-12-2-7-16-17(9-12)29-20(28-16,18(24)25)19(26)27/h2-7,9,11,15,22-23H,8,10H2,1H3,(H,24,25)(H,26,27). The number of aliphatic hydroxyl groups is 1. The number of rotatable bonds is 8. The van der Waals surface area contributed by atoms with Gasteiger partial charge in [-0.1, -0.05) is 18.2 Å². The molecule has 2 aromatic carbocycles. The minimum absolute atomic E-state index is 0.00225. The molecule has 0 spiro atoms. The molecule has 154 valence electrons. The van der Waals surface area contributed by atoms with E-state index < -0.39 is 23.8 Å². The molecule has 2 unspecified atom stereocenters. The number of hydrogen-bond donors (Lipinski definition) is 4. The van der Waals surface area contributed by atoms with Crippen molar-refractivity contribution >= 4 is 34.5 Å². The van der Waals surface area contributed by atoms with Crippen LogP contribution in [0.3, 0.4) is 0 Å². The predicted molar refractivity (Wildman–Crippen MR) is 111 cm³/mol. The van der Waals surface area contributed by atoms with Crippen molar-refractivity contribution < 1.29 is 34.4 Å². The van der Waals surface area contributed by atoms with Crippen molar-refractivity contribution in [1.29, 1.82) is 0 Å². The molecule has 0 radical (unpaired) electrons. The fraction of sp³-hybridized carbons (Fsp3) is 0.300. The molecule has 1 aliphatic rings. The maximum absolute atomic E-state index is 11.3. The summed E-state index contributed by atoms with van der Waals surface area (Å²) in [5, 5.41) is 31.9. The lowest BCUT2D eigenvalue weighted by Gasteiger charge is -2.18. The molecule has 0 fully saturated rings. The van der Waals surface area contributed by atoms with Crippen LogP contribution in [0.5, 0.6) is 11.5 Å². The van der Waals surface area contributed by atoms with Gasteiger partial charge in [0.2, 0.25) is 0 Å². The first-order valence-corrected chi connectivity index (χ1v) is 9.94. The predicted octanol–water partition coefficient (Wildman–Crippen LogP) is 2.18. The number of carboxylic acid groups (broad SMARTS) is 2. The monoisotopic (exact) mass is 513 g/mol. The van der Waals surface area contributed by atoms with Crippen molar-refractivity contribution in [3.05, 3.63) is 57.2 Å². The quantitative estimate of drug-likeness (QED) is 0.313. The summed E-state index contributed by atoms with van der Waals surface area (Å²) in [6.45, 7) is 2.32. The van der Waals surface area contributed by atoms with E-state index in [1.54, 1.807) is 12.1 Å². The van der Waals surface area contributed by atoms with Crippen LogP contribution in [0.1, 0.15) is 24.2 Å². The second-order valence-corrected chi connectivity index (χ2v) is 8.04. The Kier molecular flexibility index (Phi) is 6.30. The van der Waals surface area contributed by atoms with E-state index in [2.05, 4.69) is 27.9 Å². The van der Waals surface area contributed by atoms with Crippen LogP contribution in [0.4, 0.5) is 0 Å². The van der Waals surface area contributed by atoms with E-state index in [0.717, 1.165) is 14.7 Å². The molecule has 0 aliphatic carbocycles. The molecule has 3 rings (SSSR count). The summed E-state index contributed by atoms with van der Waals surface area (Å²) in [5.74, 6) is -6.10. The summed E-state index contributed by atoms with van der Waals surface area (Å²) in [4.78, 5) is 22.6. The number of halogens is 1. The summed E-state index contributed by atoms with van der Waals surface area (Å²) in [6, 6.07) is 12.4. The number of carboxylic acids is 2. The number of fused-ring (bicyclic) bond motifs is 1. The van der Waals surface area contributed by atoms with Crippen LogP contribution >= 0.6 is 22.6 Å². The molecule has 0 saturated heterocycles. The van der Waals surface area contributed by atoms with Gasteiger partial charge in [0.25, 0.3) is 0 Å². The normalized spacial score (nSPS) is 16.2. The third-order valence-electron chi connectivity index (χ3n) is 4.53. The minimum Gasteiger partial charge on any atom is -0.475 e. The van der Waals surface area contributed by atoms with Crippen molar-refractivity contribution in [3.8, 4) is 11.5 Å². The van der Waals surface area contributed by atoms with Crippen LogP contribution in [-0.2, 0) is 16.0 Å². The number of ether oxygens (including phenoxy) is 2. The van der Waals surface area contributed by atoms with Crippen molar-refractivity contribution in [3.63, 3.8) is 0 Å². The molecule has 1 aliphatic heterocycles. The van der Waals surface area contributed by atoms with Gasteiger partial charge in [-0.25, -0.2) is 9.59 Å². The van der Waals surface area contributed by atoms with Crippen molar-refractivity contribution in [2.24, 2.45) is 0 Å². The second kappa shape index (κ2) is 8.56. The third-order valence-corrected chi connectivity index (χ3v) is 5.25. The van der Waals surface area contributed by atoms with E-state index in [1.807, 2.05) is 31.2 Å². The van der Waals surface area contributed by atoms with Crippen LogP contribution in [0.25, 0.3) is 0 Å². The molecule has 9 heteroatoms. The zero-order valence-corrected chi connectivity index (χ0v) is 17.6. The van der Waals surface area contributed by atoms with Gasteiger partial charge in [0.05, 0.1) is 6.10 Å². The minimum atomic E-state index is -2.76. The molecule has 1 heterocycles. The van der Waals surface area contributed by atoms with E-state index in [1.165, 1.54) is 6.07 Å². The van der Waals surface area contributed by atoms with E-state index in [-0.39, 0.29) is 17.5 Å². The summed E-state index contributed by atoms with van der Waals surface area (Å²) < 4.78 is 11.3. The lowest BCUT2D eigenvalue weighted by atomic mass is 10.1. The zero-order valence-electron chi connectivity index (χ0n) is 15.5. The highest BCUT2D eigenvalue weighted by atomic mass is 127. The fourth-order valence-corrected chi connectivity index (χ4v) is 3.34. The Morgan fingerprint density at radius 2 is 1.69 bits per heavy atom. The fourth-order valence-electron chi connectivity index (χ4n) is 2.98. The van der Waals surface area contributed by atoms with Crippen LogP contribution < -0.4 is 14.8 Å².